The maximum atomic E-state index is 12.2. The number of carbonyl (C=O) groups is 2. The van der Waals surface area contributed by atoms with Gasteiger partial charge in [-0.15, -0.1) is 0 Å². The Morgan fingerprint density at radius 2 is 2.06 bits per heavy atom. The third kappa shape index (κ3) is 5.26. The van der Waals surface area contributed by atoms with Crippen LogP contribution in [0.25, 0.3) is 10.8 Å². The number of benzene rings is 1. The van der Waals surface area contributed by atoms with Gasteiger partial charge in [-0.1, -0.05) is 11.8 Å². The molecule has 1 atom stereocenters. The highest BCUT2D eigenvalue weighted by molar-refractivity contribution is 6.03. The van der Waals surface area contributed by atoms with Crippen molar-refractivity contribution >= 4 is 22.6 Å². The topological polar surface area (TPSA) is 107 Å². The number of hydrogen-bond donors (Lipinski definition) is 2. The fraction of sp³-hybridized carbons (Fsp3) is 0.500. The van der Waals surface area contributed by atoms with Crippen LogP contribution in [-0.4, -0.2) is 60.6 Å². The fourth-order valence-electron chi connectivity index (χ4n) is 4.29. The van der Waals surface area contributed by atoms with Gasteiger partial charge in [0.1, 0.15) is 12.4 Å². The Bertz CT molecular complexity index is 1160. The molecule has 1 aromatic heterocycles. The molecule has 1 aliphatic heterocycles. The molecule has 1 saturated carbocycles. The fourth-order valence-corrected chi connectivity index (χ4v) is 4.29. The monoisotopic (exact) mass is 464 g/mol. The summed E-state index contributed by atoms with van der Waals surface area (Å²) >= 11 is 0. The van der Waals surface area contributed by atoms with E-state index in [0.29, 0.717) is 53.1 Å². The minimum absolute atomic E-state index is 0.0308. The van der Waals surface area contributed by atoms with Gasteiger partial charge >= 0.3 is 0 Å². The summed E-state index contributed by atoms with van der Waals surface area (Å²) in [6.07, 6.45) is 4.84. The first-order valence-electron chi connectivity index (χ1n) is 11.7. The van der Waals surface area contributed by atoms with Gasteiger partial charge in [-0.3, -0.25) is 9.59 Å². The molecule has 0 unspecified atom stereocenters. The van der Waals surface area contributed by atoms with Crippen LogP contribution in [0.4, 0.5) is 0 Å². The number of pyridine rings is 1. The normalized spacial score (nSPS) is 21.7. The molecule has 34 heavy (non-hydrogen) atoms. The second-order valence-electron chi connectivity index (χ2n) is 9.57. The van der Waals surface area contributed by atoms with Gasteiger partial charge in [-0.2, -0.15) is 0 Å². The maximum Gasteiger partial charge on any atom is 0.252 e. The Kier molecular flexibility index (Phi) is 6.94. The van der Waals surface area contributed by atoms with Gasteiger partial charge in [0.15, 0.2) is 0 Å². The van der Waals surface area contributed by atoms with Crippen LogP contribution in [0.5, 0.6) is 11.6 Å². The Balaban J connectivity index is 1.70. The van der Waals surface area contributed by atoms with Crippen molar-refractivity contribution < 1.29 is 19.1 Å². The summed E-state index contributed by atoms with van der Waals surface area (Å²) in [7, 11) is 4.17. The van der Waals surface area contributed by atoms with E-state index in [2.05, 4.69) is 41.1 Å². The largest absolute Gasteiger partial charge is 0.490 e. The van der Waals surface area contributed by atoms with Crippen LogP contribution in [0, 0.1) is 17.8 Å². The van der Waals surface area contributed by atoms with E-state index in [1.54, 1.807) is 18.3 Å². The SMILES string of the molecule is CC(C)Oc1cc2c(OC[C@@H]3CCC(=O)N3)ncc(C#C[C@H]3C[C@@H](N(C)C)C3)c2cc1C(N)=O. The zero-order valence-electron chi connectivity index (χ0n) is 20.2. The molecule has 4 rings (SSSR count). The van der Waals surface area contributed by atoms with Crippen molar-refractivity contribution in [3.8, 4) is 23.5 Å². The first-order valence-corrected chi connectivity index (χ1v) is 11.7. The Morgan fingerprint density at radius 1 is 1.29 bits per heavy atom. The molecule has 2 heterocycles. The molecule has 1 saturated heterocycles. The van der Waals surface area contributed by atoms with Crippen molar-refractivity contribution in [1.29, 1.82) is 0 Å². The molecular weight excluding hydrogens is 432 g/mol. The number of nitrogens with two attached hydrogens (primary N) is 1. The number of nitrogens with zero attached hydrogens (tertiary/aromatic N) is 2. The zero-order chi connectivity index (χ0) is 24.4. The summed E-state index contributed by atoms with van der Waals surface area (Å²) in [6.45, 7) is 4.08. The average molecular weight is 465 g/mol. The smallest absolute Gasteiger partial charge is 0.252 e. The van der Waals surface area contributed by atoms with E-state index in [1.165, 1.54) is 0 Å². The van der Waals surface area contributed by atoms with Crippen LogP contribution < -0.4 is 20.5 Å². The van der Waals surface area contributed by atoms with E-state index < -0.39 is 5.91 Å². The number of primary amides is 1. The van der Waals surface area contributed by atoms with Crippen LogP contribution in [0.2, 0.25) is 0 Å². The van der Waals surface area contributed by atoms with Gasteiger partial charge in [-0.05, 0) is 59.3 Å². The van der Waals surface area contributed by atoms with E-state index in [-0.39, 0.29) is 18.1 Å². The summed E-state index contributed by atoms with van der Waals surface area (Å²) in [6, 6.07) is 3.98. The minimum atomic E-state index is -0.572. The second-order valence-corrected chi connectivity index (χ2v) is 9.57. The lowest BCUT2D eigenvalue weighted by molar-refractivity contribution is -0.119. The van der Waals surface area contributed by atoms with Crippen molar-refractivity contribution in [2.45, 2.75) is 57.7 Å². The summed E-state index contributed by atoms with van der Waals surface area (Å²) < 4.78 is 11.9. The first kappa shape index (κ1) is 23.8. The highest BCUT2D eigenvalue weighted by atomic mass is 16.5. The molecule has 2 aromatic rings. The van der Waals surface area contributed by atoms with Crippen LogP contribution in [-0.2, 0) is 4.79 Å². The van der Waals surface area contributed by atoms with Gasteiger partial charge in [0.05, 0.1) is 23.3 Å². The van der Waals surface area contributed by atoms with E-state index in [9.17, 15) is 9.59 Å². The predicted molar refractivity (Wildman–Crippen MR) is 130 cm³/mol. The van der Waals surface area contributed by atoms with Crippen molar-refractivity contribution in [3.63, 3.8) is 0 Å². The first-order chi connectivity index (χ1) is 16.2. The van der Waals surface area contributed by atoms with E-state index >= 15 is 0 Å². The molecular formula is C26H32N4O4. The molecule has 180 valence electrons. The molecule has 3 N–H and O–H groups in total. The molecule has 0 spiro atoms. The maximum absolute atomic E-state index is 12.2. The van der Waals surface area contributed by atoms with Crippen LogP contribution in [0.1, 0.15) is 55.5 Å². The van der Waals surface area contributed by atoms with Crippen molar-refractivity contribution in [3.05, 3.63) is 29.5 Å². The molecule has 2 aliphatic rings. The lowest BCUT2D eigenvalue weighted by atomic mass is 9.80. The summed E-state index contributed by atoms with van der Waals surface area (Å²) in [5.74, 6) is 7.21. The highest BCUT2D eigenvalue weighted by Crippen LogP contribution is 2.34. The third-order valence-corrected chi connectivity index (χ3v) is 6.34. The van der Waals surface area contributed by atoms with Crippen molar-refractivity contribution in [2.24, 2.45) is 11.7 Å². The van der Waals surface area contributed by atoms with Crippen molar-refractivity contribution in [2.75, 3.05) is 20.7 Å². The molecule has 8 heteroatoms. The van der Waals surface area contributed by atoms with Gasteiger partial charge in [0, 0.05) is 35.3 Å². The number of ether oxygens (including phenoxy) is 2. The molecule has 2 amide bonds. The molecule has 1 aliphatic carbocycles. The molecule has 8 nitrogen and oxygen atoms in total. The number of nitrogens with one attached hydrogen (secondary N) is 1. The molecule has 2 fully saturated rings. The van der Waals surface area contributed by atoms with Crippen molar-refractivity contribution in [1.82, 2.24) is 15.2 Å². The van der Waals surface area contributed by atoms with E-state index in [4.69, 9.17) is 15.2 Å². The van der Waals surface area contributed by atoms with Crippen LogP contribution >= 0.6 is 0 Å². The zero-order valence-corrected chi connectivity index (χ0v) is 20.2. The second kappa shape index (κ2) is 9.90. The van der Waals surface area contributed by atoms with E-state index in [0.717, 1.165) is 24.6 Å². The Morgan fingerprint density at radius 3 is 2.68 bits per heavy atom. The standard InChI is InChI=1S/C26H32N4O4/c1-15(2)34-23-12-21-20(11-22(23)25(27)32)17(6-5-16-9-19(10-16)30(3)4)13-28-26(21)33-14-18-7-8-24(31)29-18/h11-13,15-16,18-19H,7-10,14H2,1-4H3,(H2,27,32)(H,29,31)/t16-,18-,19+/m0/s1. The number of hydrogen-bond acceptors (Lipinski definition) is 6. The molecule has 0 bridgehead atoms. The lowest BCUT2D eigenvalue weighted by Gasteiger charge is -2.36. The van der Waals surface area contributed by atoms with E-state index in [1.807, 2.05) is 13.8 Å². The predicted octanol–water partition coefficient (Wildman–Crippen LogP) is 2.47. The number of rotatable bonds is 7. The number of fused-ring (bicyclic) bond motifs is 1. The number of aromatic nitrogens is 1. The average Bonchev–Trinajstić information content (AvgIpc) is 3.15. The van der Waals surface area contributed by atoms with Crippen LogP contribution in [0.3, 0.4) is 0 Å². The number of carbonyl (C=O) groups excluding carboxylic acids is 2. The van der Waals surface area contributed by atoms with Gasteiger partial charge in [0.2, 0.25) is 11.8 Å². The van der Waals surface area contributed by atoms with Gasteiger partial charge < -0.3 is 25.4 Å². The number of amides is 2. The van der Waals surface area contributed by atoms with Crippen LogP contribution in [0.15, 0.2) is 18.3 Å². The highest BCUT2D eigenvalue weighted by Gasteiger charge is 2.29. The summed E-state index contributed by atoms with van der Waals surface area (Å²) in [5, 5.41) is 4.33. The summed E-state index contributed by atoms with van der Waals surface area (Å²) in [5.41, 5.74) is 6.68. The molecule has 1 aromatic carbocycles. The van der Waals surface area contributed by atoms with Gasteiger partial charge in [0.25, 0.3) is 5.91 Å². The third-order valence-electron chi connectivity index (χ3n) is 6.34. The Labute approximate surface area is 200 Å². The minimum Gasteiger partial charge on any atom is -0.490 e. The molecule has 0 radical (unpaired) electrons. The van der Waals surface area contributed by atoms with Gasteiger partial charge in [-0.25, -0.2) is 4.98 Å². The summed E-state index contributed by atoms with van der Waals surface area (Å²) in [4.78, 5) is 30.5. The quantitative estimate of drug-likeness (QED) is 0.610. The Hall–Kier alpha value is -3.31. The lowest BCUT2D eigenvalue weighted by Crippen LogP contribution is -2.39.